The lowest BCUT2D eigenvalue weighted by molar-refractivity contribution is -0.113. The number of nitrogens with one attached hydrogen (secondary N) is 1. The minimum absolute atomic E-state index is 0.00520. The van der Waals surface area contributed by atoms with Gasteiger partial charge >= 0.3 is 0 Å². The minimum atomic E-state index is -0.278. The van der Waals surface area contributed by atoms with Gasteiger partial charge in [0, 0.05) is 0 Å². The van der Waals surface area contributed by atoms with E-state index < -0.39 is 0 Å². The van der Waals surface area contributed by atoms with Gasteiger partial charge in [0.1, 0.15) is 0 Å². The van der Waals surface area contributed by atoms with Crippen LogP contribution in [0.5, 0.6) is 0 Å². The van der Waals surface area contributed by atoms with Crippen molar-refractivity contribution in [2.24, 2.45) is 0 Å². The third-order valence-corrected chi connectivity index (χ3v) is 3.95. The van der Waals surface area contributed by atoms with Crippen LogP contribution in [-0.2, 0) is 9.59 Å². The van der Waals surface area contributed by atoms with Crippen molar-refractivity contribution in [3.05, 3.63) is 66.0 Å². The fraction of sp³-hybridized carbons (Fsp3) is 0.158. The van der Waals surface area contributed by atoms with Gasteiger partial charge in [0.2, 0.25) is 0 Å². The standard InChI is InChI=1S/C19H18N4O2/c1-2-15(12-6-4-3-5-7-12)22-19-18(20)21-11-16(23-19)14-10-13(24)8-9-17(14)25/h3-11,15H,2H2,1H3,(H2,20,21)(H,22,23)/t15-/m1/s1. The molecule has 3 rings (SSSR count). The number of nitrogens with zero attached hydrogens (tertiary/aromatic N) is 2. The number of carbonyl (C=O) groups excluding carboxylic acids is 2. The summed E-state index contributed by atoms with van der Waals surface area (Å²) in [4.78, 5) is 32.1. The second kappa shape index (κ2) is 7.09. The highest BCUT2D eigenvalue weighted by Crippen LogP contribution is 2.26. The van der Waals surface area contributed by atoms with Gasteiger partial charge in [0.25, 0.3) is 0 Å². The van der Waals surface area contributed by atoms with Crippen molar-refractivity contribution in [2.75, 3.05) is 11.1 Å². The van der Waals surface area contributed by atoms with E-state index in [2.05, 4.69) is 22.2 Å². The van der Waals surface area contributed by atoms with Gasteiger partial charge in [0.15, 0.2) is 23.2 Å². The highest BCUT2D eigenvalue weighted by atomic mass is 16.1. The number of hydrogen-bond acceptors (Lipinski definition) is 6. The van der Waals surface area contributed by atoms with Gasteiger partial charge < -0.3 is 11.1 Å². The first kappa shape index (κ1) is 16.6. The van der Waals surface area contributed by atoms with Crippen molar-refractivity contribution in [3.63, 3.8) is 0 Å². The number of allylic oxidation sites excluding steroid dienone is 4. The Balaban J connectivity index is 1.92. The van der Waals surface area contributed by atoms with Crippen LogP contribution >= 0.6 is 0 Å². The van der Waals surface area contributed by atoms with Crippen LogP contribution in [-0.4, -0.2) is 21.5 Å². The normalized spacial score (nSPS) is 15.0. The molecule has 3 N–H and O–H groups in total. The summed E-state index contributed by atoms with van der Waals surface area (Å²) in [5.41, 5.74) is 7.58. The molecule has 0 spiro atoms. The number of nitrogens with two attached hydrogens (primary N) is 1. The van der Waals surface area contributed by atoms with Gasteiger partial charge in [0.05, 0.1) is 23.5 Å². The van der Waals surface area contributed by atoms with Gasteiger partial charge in [-0.15, -0.1) is 0 Å². The molecule has 6 nitrogen and oxygen atoms in total. The molecule has 0 fully saturated rings. The van der Waals surface area contributed by atoms with Crippen molar-refractivity contribution in [3.8, 4) is 0 Å². The van der Waals surface area contributed by atoms with E-state index in [9.17, 15) is 9.59 Å². The number of anilines is 2. The monoisotopic (exact) mass is 334 g/mol. The first-order valence-corrected chi connectivity index (χ1v) is 8.01. The van der Waals surface area contributed by atoms with E-state index in [1.807, 2.05) is 30.3 Å². The number of hydrogen-bond donors (Lipinski definition) is 2. The molecule has 0 amide bonds. The van der Waals surface area contributed by atoms with E-state index in [4.69, 9.17) is 5.73 Å². The van der Waals surface area contributed by atoms with Crippen molar-refractivity contribution in [2.45, 2.75) is 19.4 Å². The Morgan fingerprint density at radius 1 is 1.16 bits per heavy atom. The van der Waals surface area contributed by atoms with Crippen LogP contribution in [0.4, 0.5) is 11.6 Å². The van der Waals surface area contributed by atoms with Crippen LogP contribution in [0, 0.1) is 0 Å². The summed E-state index contributed by atoms with van der Waals surface area (Å²) in [6.07, 6.45) is 5.96. The van der Waals surface area contributed by atoms with Crippen molar-refractivity contribution in [1.82, 2.24) is 9.97 Å². The summed E-state index contributed by atoms with van der Waals surface area (Å²) in [6, 6.07) is 9.93. The highest BCUT2D eigenvalue weighted by molar-refractivity contribution is 6.33. The molecule has 25 heavy (non-hydrogen) atoms. The van der Waals surface area contributed by atoms with Crippen LogP contribution < -0.4 is 11.1 Å². The number of aromatic nitrogens is 2. The molecule has 6 heteroatoms. The predicted molar refractivity (Wildman–Crippen MR) is 96.7 cm³/mol. The smallest absolute Gasteiger partial charge is 0.188 e. The maximum Gasteiger partial charge on any atom is 0.188 e. The van der Waals surface area contributed by atoms with Crippen LogP contribution in [0.2, 0.25) is 0 Å². The summed E-state index contributed by atoms with van der Waals surface area (Å²) in [7, 11) is 0. The van der Waals surface area contributed by atoms with Crippen molar-refractivity contribution < 1.29 is 9.59 Å². The quantitative estimate of drug-likeness (QED) is 0.816. The molecule has 0 radical (unpaired) electrons. The first-order valence-electron chi connectivity index (χ1n) is 8.01. The number of ketones is 2. The zero-order valence-corrected chi connectivity index (χ0v) is 13.8. The molecule has 2 aromatic rings. The maximum absolute atomic E-state index is 12.0. The molecule has 0 aliphatic heterocycles. The Labute approximate surface area is 145 Å². The van der Waals surface area contributed by atoms with Crippen molar-refractivity contribution in [1.29, 1.82) is 0 Å². The molecule has 1 heterocycles. The molecule has 1 atom stereocenters. The second-order valence-electron chi connectivity index (χ2n) is 5.66. The van der Waals surface area contributed by atoms with Gasteiger partial charge in [-0.25, -0.2) is 9.97 Å². The molecular weight excluding hydrogens is 316 g/mol. The molecule has 0 unspecified atom stereocenters. The average molecular weight is 334 g/mol. The Kier molecular flexibility index (Phi) is 4.70. The maximum atomic E-state index is 12.0. The molecule has 1 aliphatic rings. The first-order chi connectivity index (χ1) is 12.1. The molecular formula is C19H18N4O2. The Bertz CT molecular complexity index is 872. The summed E-state index contributed by atoms with van der Waals surface area (Å²) in [5.74, 6) is 0.103. The lowest BCUT2D eigenvalue weighted by Gasteiger charge is -2.19. The number of carbonyl (C=O) groups is 2. The van der Waals surface area contributed by atoms with Crippen LogP contribution in [0.25, 0.3) is 5.57 Å². The number of benzene rings is 1. The summed E-state index contributed by atoms with van der Waals surface area (Å²) < 4.78 is 0. The topological polar surface area (TPSA) is 98.0 Å². The fourth-order valence-corrected chi connectivity index (χ4v) is 2.62. The largest absolute Gasteiger partial charge is 0.381 e. The highest BCUT2D eigenvalue weighted by Gasteiger charge is 2.19. The summed E-state index contributed by atoms with van der Waals surface area (Å²) in [6.45, 7) is 2.05. The van der Waals surface area contributed by atoms with Crippen molar-refractivity contribution >= 4 is 28.8 Å². The Morgan fingerprint density at radius 2 is 1.92 bits per heavy atom. The SMILES string of the molecule is CC[C@@H](Nc1nc(C2=CC(=O)C=CC2=O)cnc1N)c1ccccc1. The lowest BCUT2D eigenvalue weighted by Crippen LogP contribution is -2.15. The van der Waals surface area contributed by atoms with E-state index in [-0.39, 0.29) is 29.0 Å². The van der Waals surface area contributed by atoms with Crippen LogP contribution in [0.3, 0.4) is 0 Å². The zero-order valence-electron chi connectivity index (χ0n) is 13.8. The lowest BCUT2D eigenvalue weighted by atomic mass is 10.0. The van der Waals surface area contributed by atoms with Crippen LogP contribution in [0.1, 0.15) is 30.6 Å². The van der Waals surface area contributed by atoms with E-state index in [0.29, 0.717) is 11.5 Å². The summed E-state index contributed by atoms with van der Waals surface area (Å²) >= 11 is 0. The third kappa shape index (κ3) is 3.63. The third-order valence-electron chi connectivity index (χ3n) is 3.95. The van der Waals surface area contributed by atoms with Gasteiger partial charge in [-0.1, -0.05) is 37.3 Å². The van der Waals surface area contributed by atoms with Crippen LogP contribution in [0.15, 0.2) is 54.8 Å². The average Bonchev–Trinajstić information content (AvgIpc) is 2.64. The molecule has 1 aromatic carbocycles. The molecule has 126 valence electrons. The molecule has 1 aromatic heterocycles. The molecule has 0 bridgehead atoms. The van der Waals surface area contributed by atoms with Gasteiger partial charge in [-0.05, 0) is 30.2 Å². The van der Waals surface area contributed by atoms with E-state index in [1.165, 1.54) is 24.4 Å². The number of nitrogen functional groups attached to an aromatic ring is 1. The summed E-state index contributed by atoms with van der Waals surface area (Å²) in [5, 5.41) is 3.28. The minimum Gasteiger partial charge on any atom is -0.381 e. The zero-order chi connectivity index (χ0) is 17.8. The Hall–Kier alpha value is -3.28. The second-order valence-corrected chi connectivity index (χ2v) is 5.66. The fourth-order valence-electron chi connectivity index (χ4n) is 2.62. The predicted octanol–water partition coefficient (Wildman–Crippen LogP) is 2.71. The molecule has 1 aliphatic carbocycles. The van der Waals surface area contributed by atoms with Gasteiger partial charge in [-0.2, -0.15) is 0 Å². The van der Waals surface area contributed by atoms with E-state index in [0.717, 1.165) is 12.0 Å². The molecule has 0 saturated carbocycles. The Morgan fingerprint density at radius 3 is 2.64 bits per heavy atom. The van der Waals surface area contributed by atoms with Gasteiger partial charge in [-0.3, -0.25) is 9.59 Å². The number of rotatable bonds is 5. The van der Waals surface area contributed by atoms with E-state index in [1.54, 1.807) is 0 Å². The van der Waals surface area contributed by atoms with E-state index >= 15 is 0 Å². The molecule has 0 saturated heterocycles.